The van der Waals surface area contributed by atoms with Gasteiger partial charge in [0, 0.05) is 26.3 Å². The van der Waals surface area contributed by atoms with Gasteiger partial charge >= 0.3 is 0 Å². The third kappa shape index (κ3) is 6.05. The average Bonchev–Trinajstić information content (AvgIpc) is 3.29. The highest BCUT2D eigenvalue weighted by atomic mass is 127. The van der Waals surface area contributed by atoms with Crippen LogP contribution < -0.4 is 10.6 Å². The summed E-state index contributed by atoms with van der Waals surface area (Å²) in [7, 11) is 1.86. The third-order valence-corrected chi connectivity index (χ3v) is 3.89. The Kier molecular flexibility index (Phi) is 8.24. The molecule has 3 aromatic rings. The fourth-order valence-electron chi connectivity index (χ4n) is 2.49. The Bertz CT molecular complexity index is 840. The average molecular weight is 480 g/mol. The van der Waals surface area contributed by atoms with Gasteiger partial charge in [-0.2, -0.15) is 10.2 Å². The molecule has 9 heteroatoms. The number of aliphatic imine (C=N–C) groups is 1. The van der Waals surface area contributed by atoms with E-state index in [1.807, 2.05) is 55.2 Å². The van der Waals surface area contributed by atoms with Gasteiger partial charge < -0.3 is 10.6 Å². The maximum Gasteiger partial charge on any atom is 0.191 e. The molecule has 0 bridgehead atoms. The molecule has 2 heterocycles. The zero-order chi connectivity index (χ0) is 18.2. The summed E-state index contributed by atoms with van der Waals surface area (Å²) in [6, 6.07) is 10.1. The van der Waals surface area contributed by atoms with E-state index in [2.05, 4.69) is 37.0 Å². The van der Waals surface area contributed by atoms with E-state index in [1.165, 1.54) is 11.9 Å². The lowest BCUT2D eigenvalue weighted by atomic mass is 10.2. The number of hydrogen-bond acceptors (Lipinski definition) is 4. The molecular formula is C18H25IN8. The molecule has 0 amide bonds. The topological polar surface area (TPSA) is 84.9 Å². The van der Waals surface area contributed by atoms with Crippen molar-refractivity contribution in [3.63, 3.8) is 0 Å². The third-order valence-electron chi connectivity index (χ3n) is 3.89. The van der Waals surface area contributed by atoms with Crippen LogP contribution in [-0.4, -0.2) is 43.6 Å². The fraction of sp³-hybridized carbons (Fsp3) is 0.333. The van der Waals surface area contributed by atoms with Gasteiger partial charge in [0.15, 0.2) is 5.96 Å². The molecule has 0 aliphatic carbocycles. The lowest BCUT2D eigenvalue weighted by Crippen LogP contribution is -2.38. The van der Waals surface area contributed by atoms with Crippen LogP contribution in [-0.2, 0) is 20.0 Å². The number of aromatic nitrogens is 5. The number of hydrogen-bond donors (Lipinski definition) is 2. The normalized spacial score (nSPS) is 11.1. The predicted octanol–water partition coefficient (Wildman–Crippen LogP) is 1.92. The standard InChI is InChI=1S/C18H24N8.HI/c1-3-19-18(21-12-17-22-14-24-25(17)2)20-10-9-15-11-23-26(13-15)16-7-5-4-6-8-16;/h4-8,11,13-14H,3,9-10,12H2,1-2H3,(H2,19,20,21);1H. The predicted molar refractivity (Wildman–Crippen MR) is 117 cm³/mol. The van der Waals surface area contributed by atoms with E-state index in [4.69, 9.17) is 0 Å². The van der Waals surface area contributed by atoms with Crippen LogP contribution in [0.15, 0.2) is 54.0 Å². The van der Waals surface area contributed by atoms with Crippen molar-refractivity contribution in [3.8, 4) is 5.69 Å². The van der Waals surface area contributed by atoms with E-state index < -0.39 is 0 Å². The number of para-hydroxylation sites is 1. The van der Waals surface area contributed by atoms with Crippen LogP contribution in [0.3, 0.4) is 0 Å². The monoisotopic (exact) mass is 480 g/mol. The van der Waals surface area contributed by atoms with E-state index in [0.717, 1.165) is 37.0 Å². The number of nitrogens with one attached hydrogen (secondary N) is 2. The van der Waals surface area contributed by atoms with Gasteiger partial charge in [-0.05, 0) is 31.0 Å². The number of rotatable bonds is 7. The largest absolute Gasteiger partial charge is 0.357 e. The molecule has 2 N–H and O–H groups in total. The minimum atomic E-state index is 0. The second-order valence-corrected chi connectivity index (χ2v) is 5.80. The molecule has 0 radical (unpaired) electrons. The summed E-state index contributed by atoms with van der Waals surface area (Å²) >= 11 is 0. The van der Waals surface area contributed by atoms with Gasteiger partial charge in [-0.25, -0.2) is 14.7 Å². The highest BCUT2D eigenvalue weighted by Gasteiger charge is 2.03. The van der Waals surface area contributed by atoms with Gasteiger partial charge in [-0.3, -0.25) is 4.68 Å². The highest BCUT2D eigenvalue weighted by Crippen LogP contribution is 2.07. The van der Waals surface area contributed by atoms with Crippen LogP contribution in [0, 0.1) is 0 Å². The Morgan fingerprint density at radius 1 is 1.15 bits per heavy atom. The second-order valence-electron chi connectivity index (χ2n) is 5.80. The zero-order valence-corrected chi connectivity index (χ0v) is 17.9. The quantitative estimate of drug-likeness (QED) is 0.307. The zero-order valence-electron chi connectivity index (χ0n) is 15.5. The van der Waals surface area contributed by atoms with Crippen molar-refractivity contribution in [3.05, 3.63) is 60.4 Å². The van der Waals surface area contributed by atoms with E-state index in [-0.39, 0.29) is 24.0 Å². The number of halogens is 1. The first-order chi connectivity index (χ1) is 12.8. The summed E-state index contributed by atoms with van der Waals surface area (Å²) in [5, 5.41) is 15.1. The molecule has 0 unspecified atom stereocenters. The fourth-order valence-corrected chi connectivity index (χ4v) is 2.49. The van der Waals surface area contributed by atoms with Crippen LogP contribution >= 0.6 is 24.0 Å². The van der Waals surface area contributed by atoms with Crippen molar-refractivity contribution in [2.75, 3.05) is 13.1 Å². The molecule has 0 aliphatic rings. The van der Waals surface area contributed by atoms with Crippen molar-refractivity contribution in [2.24, 2.45) is 12.0 Å². The summed E-state index contributed by atoms with van der Waals surface area (Å²) in [6.07, 6.45) is 6.36. The molecule has 1 aromatic carbocycles. The first-order valence-electron chi connectivity index (χ1n) is 8.70. The molecule has 27 heavy (non-hydrogen) atoms. The van der Waals surface area contributed by atoms with E-state index >= 15 is 0 Å². The van der Waals surface area contributed by atoms with Crippen molar-refractivity contribution in [2.45, 2.75) is 19.9 Å². The molecule has 3 rings (SSSR count). The van der Waals surface area contributed by atoms with E-state index in [9.17, 15) is 0 Å². The molecule has 2 aromatic heterocycles. The Labute approximate surface area is 176 Å². The minimum absolute atomic E-state index is 0. The summed E-state index contributed by atoms with van der Waals surface area (Å²) in [5.74, 6) is 1.59. The Balaban J connectivity index is 0.00000261. The van der Waals surface area contributed by atoms with Crippen LogP contribution in [0.4, 0.5) is 0 Å². The van der Waals surface area contributed by atoms with Crippen LogP contribution in [0.5, 0.6) is 0 Å². The smallest absolute Gasteiger partial charge is 0.191 e. The Morgan fingerprint density at radius 2 is 1.96 bits per heavy atom. The highest BCUT2D eigenvalue weighted by molar-refractivity contribution is 14.0. The van der Waals surface area contributed by atoms with Crippen molar-refractivity contribution < 1.29 is 0 Å². The van der Waals surface area contributed by atoms with Gasteiger partial charge in [0.2, 0.25) is 0 Å². The van der Waals surface area contributed by atoms with E-state index in [0.29, 0.717) is 6.54 Å². The maximum absolute atomic E-state index is 4.55. The van der Waals surface area contributed by atoms with Crippen molar-refractivity contribution >= 4 is 29.9 Å². The summed E-state index contributed by atoms with van der Waals surface area (Å²) in [5.41, 5.74) is 2.23. The van der Waals surface area contributed by atoms with Crippen LogP contribution in [0.25, 0.3) is 5.69 Å². The second kappa shape index (κ2) is 10.7. The van der Waals surface area contributed by atoms with Gasteiger partial charge in [0.1, 0.15) is 18.7 Å². The maximum atomic E-state index is 4.55. The summed E-state index contributed by atoms with van der Waals surface area (Å²) in [4.78, 5) is 8.74. The molecule has 144 valence electrons. The number of aryl methyl sites for hydroxylation is 1. The lowest BCUT2D eigenvalue weighted by Gasteiger charge is -2.10. The van der Waals surface area contributed by atoms with Gasteiger partial charge in [-0.1, -0.05) is 18.2 Å². The van der Waals surface area contributed by atoms with Crippen molar-refractivity contribution in [1.82, 2.24) is 35.2 Å². The minimum Gasteiger partial charge on any atom is -0.357 e. The Hall–Kier alpha value is -2.43. The van der Waals surface area contributed by atoms with Crippen LogP contribution in [0.2, 0.25) is 0 Å². The molecule has 0 atom stereocenters. The molecule has 0 aliphatic heterocycles. The van der Waals surface area contributed by atoms with Crippen molar-refractivity contribution in [1.29, 1.82) is 0 Å². The lowest BCUT2D eigenvalue weighted by molar-refractivity contribution is 0.697. The molecule has 0 fully saturated rings. The molecule has 0 saturated heterocycles. The number of guanidine groups is 1. The molecular weight excluding hydrogens is 455 g/mol. The van der Waals surface area contributed by atoms with E-state index in [1.54, 1.807) is 4.68 Å². The molecule has 0 spiro atoms. The number of nitrogens with zero attached hydrogens (tertiary/aromatic N) is 6. The molecule has 0 saturated carbocycles. The van der Waals surface area contributed by atoms with Crippen LogP contribution in [0.1, 0.15) is 18.3 Å². The Morgan fingerprint density at radius 3 is 2.67 bits per heavy atom. The van der Waals surface area contributed by atoms with Gasteiger partial charge in [0.05, 0.1) is 11.9 Å². The summed E-state index contributed by atoms with van der Waals surface area (Å²) < 4.78 is 3.62. The SMILES string of the molecule is CCNC(=NCc1ncnn1C)NCCc1cnn(-c2ccccc2)c1.I. The molecule has 8 nitrogen and oxygen atoms in total. The van der Waals surface area contributed by atoms with Gasteiger partial charge in [-0.15, -0.1) is 24.0 Å². The number of benzene rings is 1. The first-order valence-corrected chi connectivity index (χ1v) is 8.70. The van der Waals surface area contributed by atoms with Gasteiger partial charge in [0.25, 0.3) is 0 Å². The first kappa shape index (κ1) is 20.9. The summed E-state index contributed by atoms with van der Waals surface area (Å²) in [6.45, 7) is 4.10.